The van der Waals surface area contributed by atoms with E-state index in [4.69, 9.17) is 4.74 Å². The van der Waals surface area contributed by atoms with Crippen LogP contribution in [0.2, 0.25) is 0 Å². The predicted octanol–water partition coefficient (Wildman–Crippen LogP) is 1.98. The molecule has 2 N–H and O–H groups in total. The molecule has 0 amide bonds. The van der Waals surface area contributed by atoms with Crippen LogP contribution in [0.4, 0.5) is 0 Å². The number of rotatable bonds is 2. The van der Waals surface area contributed by atoms with E-state index in [2.05, 4.69) is 11.9 Å². The fraction of sp³-hybridized carbons (Fsp3) is 0.556. The van der Waals surface area contributed by atoms with Crippen molar-refractivity contribution < 1.29 is 14.9 Å². The van der Waals surface area contributed by atoms with Crippen molar-refractivity contribution >= 4 is 0 Å². The van der Waals surface area contributed by atoms with Crippen LogP contribution in [0.3, 0.4) is 0 Å². The summed E-state index contributed by atoms with van der Waals surface area (Å²) in [6.45, 7) is 2.91. The van der Waals surface area contributed by atoms with E-state index in [1.165, 1.54) is 5.56 Å². The first-order valence-corrected chi connectivity index (χ1v) is 8.10. The Balaban J connectivity index is 1.89. The molecule has 2 bridgehead atoms. The molecule has 0 radical (unpaired) electrons. The molecule has 1 fully saturated rings. The van der Waals surface area contributed by atoms with Crippen molar-refractivity contribution in [1.82, 2.24) is 4.90 Å². The van der Waals surface area contributed by atoms with E-state index in [1.54, 1.807) is 12.1 Å². The Bertz CT molecular complexity index is 641. The maximum Gasteiger partial charge on any atom is 0.165 e. The lowest BCUT2D eigenvalue weighted by molar-refractivity contribution is -0.0108. The van der Waals surface area contributed by atoms with E-state index in [0.717, 1.165) is 31.4 Å². The van der Waals surface area contributed by atoms with Crippen LogP contribution in [-0.4, -0.2) is 47.0 Å². The lowest BCUT2D eigenvalue weighted by Gasteiger charge is -2.50. The highest BCUT2D eigenvalue weighted by Crippen LogP contribution is 2.58. The number of piperidine rings is 1. The summed E-state index contributed by atoms with van der Waals surface area (Å²) in [6, 6.07) is 4.25. The Hall–Kier alpha value is -1.52. The zero-order valence-electron chi connectivity index (χ0n) is 13.1. The molecule has 22 heavy (non-hydrogen) atoms. The van der Waals surface area contributed by atoms with Crippen molar-refractivity contribution in [1.29, 1.82) is 0 Å². The monoisotopic (exact) mass is 301 g/mol. The molecular weight excluding hydrogens is 278 g/mol. The molecule has 0 saturated carbocycles. The molecule has 3 aliphatic rings. The highest BCUT2D eigenvalue weighted by Gasteiger charge is 2.58. The van der Waals surface area contributed by atoms with Crippen LogP contribution < -0.4 is 4.74 Å². The molecule has 0 aromatic heterocycles. The highest BCUT2D eigenvalue weighted by atomic mass is 16.5. The second-order valence-corrected chi connectivity index (χ2v) is 6.95. The van der Waals surface area contributed by atoms with E-state index in [0.29, 0.717) is 11.8 Å². The van der Waals surface area contributed by atoms with Crippen LogP contribution >= 0.6 is 0 Å². The summed E-state index contributed by atoms with van der Waals surface area (Å²) >= 11 is 0. The van der Waals surface area contributed by atoms with Gasteiger partial charge in [-0.3, -0.25) is 0 Å². The summed E-state index contributed by atoms with van der Waals surface area (Å²) in [4.78, 5) is 2.41. The van der Waals surface area contributed by atoms with Crippen molar-refractivity contribution in [3.63, 3.8) is 0 Å². The zero-order chi connectivity index (χ0) is 15.5. The molecule has 2 heterocycles. The number of hydrogen-bond donors (Lipinski definition) is 2. The number of fused-ring (bicyclic) bond motifs is 1. The van der Waals surface area contributed by atoms with Crippen LogP contribution in [0.25, 0.3) is 0 Å². The average Bonchev–Trinajstić information content (AvgIpc) is 2.84. The number of aromatic hydroxyl groups is 1. The molecule has 1 spiro atoms. The predicted molar refractivity (Wildman–Crippen MR) is 84.4 cm³/mol. The van der Waals surface area contributed by atoms with Gasteiger partial charge >= 0.3 is 0 Å². The van der Waals surface area contributed by atoms with Crippen LogP contribution in [0.15, 0.2) is 24.3 Å². The molecular formula is C18H23NO3. The number of nitrogens with zero attached hydrogens (tertiary/aromatic N) is 1. The Morgan fingerprint density at radius 2 is 2.27 bits per heavy atom. The van der Waals surface area contributed by atoms with Crippen molar-refractivity contribution in [2.75, 3.05) is 13.6 Å². The molecule has 118 valence electrons. The molecule has 4 nitrogen and oxygen atoms in total. The number of phenolic OH excluding ortho intramolecular Hbond substituents is 1. The van der Waals surface area contributed by atoms with Gasteiger partial charge in [0.05, 0.1) is 0 Å². The fourth-order valence-corrected chi connectivity index (χ4v) is 4.73. The van der Waals surface area contributed by atoms with Crippen molar-refractivity contribution in [3.8, 4) is 11.5 Å². The van der Waals surface area contributed by atoms with Gasteiger partial charge in [-0.05, 0) is 51.4 Å². The number of aliphatic hydroxyl groups excluding tert-OH is 1. The Labute approximate surface area is 131 Å². The van der Waals surface area contributed by atoms with Crippen molar-refractivity contribution in [2.24, 2.45) is 0 Å². The van der Waals surface area contributed by atoms with Crippen molar-refractivity contribution in [3.05, 3.63) is 35.4 Å². The van der Waals surface area contributed by atoms with Gasteiger partial charge in [-0.2, -0.15) is 0 Å². The lowest BCUT2D eigenvalue weighted by Crippen LogP contribution is -2.57. The summed E-state index contributed by atoms with van der Waals surface area (Å²) in [5.74, 6) is 0.805. The van der Waals surface area contributed by atoms with Gasteiger partial charge in [0, 0.05) is 17.0 Å². The quantitative estimate of drug-likeness (QED) is 0.820. The summed E-state index contributed by atoms with van der Waals surface area (Å²) < 4.78 is 6.12. The number of phenols is 1. The summed E-state index contributed by atoms with van der Waals surface area (Å²) in [6.07, 6.45) is 5.66. The Morgan fingerprint density at radius 3 is 3.05 bits per heavy atom. The zero-order valence-corrected chi connectivity index (χ0v) is 13.1. The number of benzene rings is 1. The number of allylic oxidation sites excluding steroid dienone is 1. The van der Waals surface area contributed by atoms with Gasteiger partial charge in [0.25, 0.3) is 0 Å². The highest BCUT2D eigenvalue weighted by molar-refractivity contribution is 5.59. The van der Waals surface area contributed by atoms with Crippen molar-refractivity contribution in [2.45, 2.75) is 49.9 Å². The number of likely N-dealkylation sites (N-methyl/N-ethyl adjacent to an activating group) is 1. The molecule has 4 unspecified atom stereocenters. The topological polar surface area (TPSA) is 52.9 Å². The summed E-state index contributed by atoms with van der Waals surface area (Å²) in [5.41, 5.74) is 2.26. The average molecular weight is 301 g/mol. The van der Waals surface area contributed by atoms with Crippen LogP contribution in [0.1, 0.15) is 30.9 Å². The maximum absolute atomic E-state index is 10.6. The third-order valence-corrected chi connectivity index (χ3v) is 5.80. The largest absolute Gasteiger partial charge is 0.504 e. The van der Waals surface area contributed by atoms with Gasteiger partial charge in [-0.15, -0.1) is 0 Å². The van der Waals surface area contributed by atoms with Crippen LogP contribution in [0.5, 0.6) is 11.5 Å². The van der Waals surface area contributed by atoms with Gasteiger partial charge in [-0.25, -0.2) is 0 Å². The molecule has 1 aromatic rings. The standard InChI is InChI=1S/C18H23NO3/c1-3-4-14(21)17-18-7-8-19(2)12(10-18)9-11-5-6-13(20)16(22-17)15(11)18/h3-6,12,14,17,20-21H,7-10H2,1-2H3/b4-3-. The lowest BCUT2D eigenvalue weighted by atomic mass is 9.61. The van der Waals surface area contributed by atoms with E-state index in [1.807, 2.05) is 19.1 Å². The third kappa shape index (κ3) is 1.71. The van der Waals surface area contributed by atoms with E-state index in [-0.39, 0.29) is 17.3 Å². The minimum atomic E-state index is -0.646. The van der Waals surface area contributed by atoms with Gasteiger partial charge in [0.15, 0.2) is 11.5 Å². The first-order valence-electron chi connectivity index (χ1n) is 8.10. The molecule has 1 aliphatic carbocycles. The van der Waals surface area contributed by atoms with Crippen LogP contribution in [-0.2, 0) is 11.8 Å². The molecule has 4 heteroatoms. The third-order valence-electron chi connectivity index (χ3n) is 5.80. The molecule has 1 saturated heterocycles. The minimum Gasteiger partial charge on any atom is -0.504 e. The van der Waals surface area contributed by atoms with Gasteiger partial charge in [0.1, 0.15) is 12.2 Å². The smallest absolute Gasteiger partial charge is 0.165 e. The van der Waals surface area contributed by atoms with E-state index in [9.17, 15) is 10.2 Å². The van der Waals surface area contributed by atoms with Gasteiger partial charge < -0.3 is 19.8 Å². The fourth-order valence-electron chi connectivity index (χ4n) is 4.73. The molecule has 4 rings (SSSR count). The SMILES string of the molecule is C/C=C\C(O)C1Oc2c(O)ccc3c2C12CCN(C)C(C3)C2. The van der Waals surface area contributed by atoms with E-state index >= 15 is 0 Å². The minimum absolute atomic E-state index is 0.169. The second-order valence-electron chi connectivity index (χ2n) is 6.95. The maximum atomic E-state index is 10.6. The second kappa shape index (κ2) is 4.74. The van der Waals surface area contributed by atoms with Crippen LogP contribution in [0, 0.1) is 0 Å². The summed E-state index contributed by atoms with van der Waals surface area (Å²) in [5, 5.41) is 20.8. The van der Waals surface area contributed by atoms with E-state index < -0.39 is 6.10 Å². The Morgan fingerprint density at radius 1 is 1.45 bits per heavy atom. The van der Waals surface area contributed by atoms with Gasteiger partial charge in [-0.1, -0.05) is 18.2 Å². The summed E-state index contributed by atoms with van der Waals surface area (Å²) in [7, 11) is 2.18. The first-order chi connectivity index (χ1) is 10.6. The molecule has 4 atom stereocenters. The molecule has 2 aliphatic heterocycles. The molecule has 1 aromatic carbocycles. The van der Waals surface area contributed by atoms with Gasteiger partial charge in [0.2, 0.25) is 0 Å². The number of ether oxygens (including phenoxy) is 1. The number of aliphatic hydroxyl groups is 1. The number of hydrogen-bond acceptors (Lipinski definition) is 4. The Kier molecular flexibility index (Phi) is 3.03. The normalized spacial score (nSPS) is 34.5. The first kappa shape index (κ1) is 14.1. The number of likely N-dealkylation sites (tertiary alicyclic amines) is 1.